The monoisotopic (exact) mass is 375 g/mol. The van der Waals surface area contributed by atoms with E-state index in [2.05, 4.69) is 4.98 Å². The van der Waals surface area contributed by atoms with Gasteiger partial charge in [-0.15, -0.1) is 0 Å². The van der Waals surface area contributed by atoms with Crippen LogP contribution in [0.5, 0.6) is 5.75 Å². The maximum atomic E-state index is 13.9. The molecule has 0 spiro atoms. The number of fused-ring (bicyclic) bond motifs is 1. The fourth-order valence-corrected chi connectivity index (χ4v) is 3.25. The van der Waals surface area contributed by atoms with E-state index in [-0.39, 0.29) is 5.82 Å². The van der Waals surface area contributed by atoms with Crippen molar-refractivity contribution in [1.82, 2.24) is 4.98 Å². The van der Waals surface area contributed by atoms with Gasteiger partial charge in [-0.3, -0.25) is 4.98 Å². The molecule has 0 N–H and O–H groups in total. The Morgan fingerprint density at radius 3 is 2.52 bits per heavy atom. The van der Waals surface area contributed by atoms with Gasteiger partial charge in [0.15, 0.2) is 0 Å². The minimum absolute atomic E-state index is 0.303. The van der Waals surface area contributed by atoms with Gasteiger partial charge in [-0.2, -0.15) is 0 Å². The van der Waals surface area contributed by atoms with Crippen molar-refractivity contribution in [3.05, 3.63) is 95.4 Å². The average Bonchev–Trinajstić information content (AvgIpc) is 2.68. The van der Waals surface area contributed by atoms with Crippen LogP contribution in [0.3, 0.4) is 0 Å². The molecule has 0 saturated carbocycles. The molecule has 3 aromatic carbocycles. The highest BCUT2D eigenvalue weighted by Gasteiger charge is 2.25. The van der Waals surface area contributed by atoms with Crippen molar-refractivity contribution in [2.75, 3.05) is 0 Å². The second-order valence-electron chi connectivity index (χ2n) is 6.39. The number of rotatable bonds is 4. The fraction of sp³-hybridized carbons (Fsp3) is 0.0455. The number of nitrogens with zero attached hydrogens (tertiary/aromatic N) is 1. The van der Waals surface area contributed by atoms with Crippen molar-refractivity contribution in [3.8, 4) is 5.75 Å². The molecular weight excluding hydrogens is 360 g/mol. The summed E-state index contributed by atoms with van der Waals surface area (Å²) in [5.41, 5.74) is 3.34. The van der Waals surface area contributed by atoms with Crippen molar-refractivity contribution >= 4 is 40.3 Å². The Bertz CT molecular complexity index is 1110. The van der Waals surface area contributed by atoms with E-state index < -0.39 is 6.92 Å². The number of hydrogen-bond acceptors (Lipinski definition) is 2. The lowest BCUT2D eigenvalue weighted by Crippen LogP contribution is -2.47. The topological polar surface area (TPSA) is 22.1 Å². The molecule has 0 unspecified atom stereocenters. The van der Waals surface area contributed by atoms with E-state index in [9.17, 15) is 4.39 Å². The van der Waals surface area contributed by atoms with Crippen molar-refractivity contribution in [3.63, 3.8) is 0 Å². The van der Waals surface area contributed by atoms with Crippen molar-refractivity contribution in [2.24, 2.45) is 0 Å². The molecular formula is C22H16BClFNO. The van der Waals surface area contributed by atoms with Gasteiger partial charge in [0.25, 0.3) is 0 Å². The first kappa shape index (κ1) is 17.6. The van der Waals surface area contributed by atoms with Crippen molar-refractivity contribution in [1.29, 1.82) is 0 Å². The fourth-order valence-electron chi connectivity index (χ4n) is 3.13. The SMILES string of the molecule is Cc1cc(B(Oc2cccc3cccnc23)c2cccc(F)c2)ccc1Cl. The van der Waals surface area contributed by atoms with Crippen LogP contribution in [0.25, 0.3) is 10.9 Å². The molecule has 0 fully saturated rings. The van der Waals surface area contributed by atoms with Gasteiger partial charge in [0, 0.05) is 16.6 Å². The zero-order valence-electron chi connectivity index (χ0n) is 14.7. The van der Waals surface area contributed by atoms with Crippen molar-refractivity contribution < 1.29 is 9.04 Å². The Kier molecular flexibility index (Phi) is 4.82. The quantitative estimate of drug-likeness (QED) is 0.489. The minimum Gasteiger partial charge on any atom is -0.550 e. The smallest absolute Gasteiger partial charge is 0.426 e. The summed E-state index contributed by atoms with van der Waals surface area (Å²) in [6.07, 6.45) is 1.73. The second-order valence-corrected chi connectivity index (χ2v) is 6.80. The number of halogens is 2. The van der Waals surface area contributed by atoms with Crippen LogP contribution in [0.1, 0.15) is 5.56 Å². The number of hydrogen-bond donors (Lipinski definition) is 0. The first-order chi connectivity index (χ1) is 13.1. The minimum atomic E-state index is -0.482. The van der Waals surface area contributed by atoms with Crippen LogP contribution in [-0.4, -0.2) is 11.9 Å². The predicted octanol–water partition coefficient (Wildman–Crippen LogP) is 4.52. The molecule has 0 aliphatic carbocycles. The Hall–Kier alpha value is -2.85. The van der Waals surface area contributed by atoms with Crippen LogP contribution in [0.15, 0.2) is 79.0 Å². The molecule has 132 valence electrons. The van der Waals surface area contributed by atoms with Gasteiger partial charge >= 0.3 is 6.92 Å². The van der Waals surface area contributed by atoms with Gasteiger partial charge in [-0.05, 0) is 53.7 Å². The maximum absolute atomic E-state index is 13.9. The van der Waals surface area contributed by atoms with E-state index in [0.29, 0.717) is 10.8 Å². The summed E-state index contributed by atoms with van der Waals surface area (Å²) in [6.45, 7) is 1.46. The second kappa shape index (κ2) is 7.41. The highest BCUT2D eigenvalue weighted by atomic mass is 35.5. The molecule has 0 aliphatic heterocycles. The standard InChI is InChI=1S/C22H16BClFNO/c1-15-13-18(10-11-20(15)24)23(17-7-3-8-19(25)14-17)27-21-9-2-5-16-6-4-12-26-22(16)21/h2-14H,1H3. The first-order valence-electron chi connectivity index (χ1n) is 8.64. The molecule has 0 bridgehead atoms. The third-order valence-electron chi connectivity index (χ3n) is 4.48. The van der Waals surface area contributed by atoms with Gasteiger partial charge < -0.3 is 4.65 Å². The predicted molar refractivity (Wildman–Crippen MR) is 110 cm³/mol. The van der Waals surface area contributed by atoms with E-state index in [1.165, 1.54) is 12.1 Å². The van der Waals surface area contributed by atoms with E-state index in [0.717, 1.165) is 27.4 Å². The molecule has 1 aromatic heterocycles. The van der Waals surface area contributed by atoms with Gasteiger partial charge in [0.05, 0.1) is 0 Å². The molecule has 27 heavy (non-hydrogen) atoms. The van der Waals surface area contributed by atoms with Crippen molar-refractivity contribution in [2.45, 2.75) is 6.92 Å². The third kappa shape index (κ3) is 3.67. The largest absolute Gasteiger partial charge is 0.550 e. The number of para-hydroxylation sites is 1. The molecule has 0 radical (unpaired) electrons. The Morgan fingerprint density at radius 2 is 1.70 bits per heavy atom. The molecule has 5 heteroatoms. The number of pyridine rings is 1. The highest BCUT2D eigenvalue weighted by Crippen LogP contribution is 2.24. The van der Waals surface area contributed by atoms with Crippen LogP contribution in [0.2, 0.25) is 5.02 Å². The van der Waals surface area contributed by atoms with E-state index in [4.69, 9.17) is 16.3 Å². The highest BCUT2D eigenvalue weighted by molar-refractivity contribution is 6.80. The van der Waals surface area contributed by atoms with E-state index >= 15 is 0 Å². The van der Waals surface area contributed by atoms with E-state index in [1.54, 1.807) is 12.3 Å². The number of aryl methyl sites for hydroxylation is 1. The zero-order chi connectivity index (χ0) is 18.8. The van der Waals surface area contributed by atoms with Crippen LogP contribution in [-0.2, 0) is 0 Å². The summed E-state index contributed by atoms with van der Waals surface area (Å²) in [4.78, 5) is 4.45. The molecule has 2 nitrogen and oxygen atoms in total. The third-order valence-corrected chi connectivity index (χ3v) is 4.90. The lowest BCUT2D eigenvalue weighted by atomic mass is 9.55. The molecule has 4 rings (SSSR count). The molecule has 4 aromatic rings. The van der Waals surface area contributed by atoms with E-state index in [1.807, 2.05) is 61.5 Å². The Labute approximate surface area is 162 Å². The van der Waals surface area contributed by atoms with Crippen LogP contribution in [0, 0.1) is 12.7 Å². The Morgan fingerprint density at radius 1 is 0.926 bits per heavy atom. The molecule has 0 saturated heterocycles. The van der Waals surface area contributed by atoms with Gasteiger partial charge in [-0.25, -0.2) is 4.39 Å². The number of benzene rings is 3. The summed E-state index contributed by atoms with van der Waals surface area (Å²) in [5, 5.41) is 1.67. The summed E-state index contributed by atoms with van der Waals surface area (Å²) in [6, 6.07) is 21.8. The van der Waals surface area contributed by atoms with Crippen LogP contribution < -0.4 is 15.6 Å². The zero-order valence-corrected chi connectivity index (χ0v) is 15.5. The lowest BCUT2D eigenvalue weighted by molar-refractivity contribution is 0.595. The molecule has 0 aliphatic rings. The maximum Gasteiger partial charge on any atom is 0.426 e. The first-order valence-corrected chi connectivity index (χ1v) is 9.01. The average molecular weight is 376 g/mol. The molecule has 1 heterocycles. The van der Waals surface area contributed by atoms with Crippen LogP contribution in [0.4, 0.5) is 4.39 Å². The molecule has 0 amide bonds. The summed E-state index contributed by atoms with van der Waals surface area (Å²) in [7, 11) is 0. The van der Waals surface area contributed by atoms with Gasteiger partial charge in [0.2, 0.25) is 0 Å². The lowest BCUT2D eigenvalue weighted by Gasteiger charge is -2.18. The molecule has 0 atom stereocenters. The normalized spacial score (nSPS) is 10.8. The Balaban J connectivity index is 1.83. The van der Waals surface area contributed by atoms with Gasteiger partial charge in [0.1, 0.15) is 17.1 Å². The number of aromatic nitrogens is 1. The van der Waals surface area contributed by atoms with Gasteiger partial charge in [-0.1, -0.05) is 54.1 Å². The summed E-state index contributed by atoms with van der Waals surface area (Å²) in [5.74, 6) is 0.345. The van der Waals surface area contributed by atoms with Crippen LogP contribution >= 0.6 is 11.6 Å². The summed E-state index contributed by atoms with van der Waals surface area (Å²) < 4.78 is 20.3. The summed E-state index contributed by atoms with van der Waals surface area (Å²) >= 11 is 6.18.